The number of rotatable bonds is 6. The first-order valence-electron chi connectivity index (χ1n) is 4.64. The third kappa shape index (κ3) is 3.70. The van der Waals surface area contributed by atoms with E-state index in [1.165, 1.54) is 0 Å². The molecular formula is C10H15NO3. The van der Waals surface area contributed by atoms with E-state index in [-0.39, 0.29) is 5.78 Å². The van der Waals surface area contributed by atoms with E-state index in [1.54, 1.807) is 20.3 Å². The Kier molecular flexibility index (Phi) is 4.32. The molecule has 1 heterocycles. The number of methoxy groups -OCH3 is 1. The zero-order valence-corrected chi connectivity index (χ0v) is 8.58. The molecule has 0 unspecified atom stereocenters. The molecule has 78 valence electrons. The van der Waals surface area contributed by atoms with Crippen molar-refractivity contribution in [1.82, 2.24) is 4.98 Å². The summed E-state index contributed by atoms with van der Waals surface area (Å²) in [5.41, 5.74) is 0.713. The lowest BCUT2D eigenvalue weighted by Gasteiger charge is -1.94. The molecule has 0 bridgehead atoms. The van der Waals surface area contributed by atoms with Gasteiger partial charge in [0.05, 0.1) is 12.1 Å². The number of oxazole rings is 1. The molecule has 14 heavy (non-hydrogen) atoms. The van der Waals surface area contributed by atoms with Crippen LogP contribution in [-0.2, 0) is 22.4 Å². The highest BCUT2D eigenvalue weighted by Crippen LogP contribution is 2.05. The molecule has 0 saturated heterocycles. The molecule has 0 amide bonds. The minimum atomic E-state index is 0.0988. The average molecular weight is 197 g/mol. The SMILES string of the molecule is COCCCc1nc(CC(C)=O)co1. The van der Waals surface area contributed by atoms with Gasteiger partial charge in [0, 0.05) is 20.1 Å². The van der Waals surface area contributed by atoms with Gasteiger partial charge in [-0.15, -0.1) is 0 Å². The Morgan fingerprint density at radius 1 is 1.64 bits per heavy atom. The number of nitrogens with zero attached hydrogens (tertiary/aromatic N) is 1. The largest absolute Gasteiger partial charge is 0.449 e. The van der Waals surface area contributed by atoms with E-state index >= 15 is 0 Å². The van der Waals surface area contributed by atoms with E-state index in [4.69, 9.17) is 9.15 Å². The number of ether oxygens (including phenoxy) is 1. The molecule has 0 atom stereocenters. The second kappa shape index (κ2) is 5.54. The van der Waals surface area contributed by atoms with Crippen LogP contribution in [0.2, 0.25) is 0 Å². The third-order valence-electron chi connectivity index (χ3n) is 1.77. The van der Waals surface area contributed by atoms with Gasteiger partial charge < -0.3 is 9.15 Å². The van der Waals surface area contributed by atoms with Gasteiger partial charge in [-0.2, -0.15) is 0 Å². The summed E-state index contributed by atoms with van der Waals surface area (Å²) in [4.78, 5) is 15.0. The quantitative estimate of drug-likeness (QED) is 0.646. The van der Waals surface area contributed by atoms with Crippen molar-refractivity contribution >= 4 is 5.78 Å². The smallest absolute Gasteiger partial charge is 0.194 e. The molecule has 0 aromatic carbocycles. The van der Waals surface area contributed by atoms with Crippen LogP contribution in [0.1, 0.15) is 24.9 Å². The number of aryl methyl sites for hydroxylation is 1. The highest BCUT2D eigenvalue weighted by Gasteiger charge is 2.05. The van der Waals surface area contributed by atoms with Crippen molar-refractivity contribution in [3.05, 3.63) is 17.8 Å². The topological polar surface area (TPSA) is 52.3 Å². The highest BCUT2D eigenvalue weighted by atomic mass is 16.5. The molecule has 0 aliphatic heterocycles. The van der Waals surface area contributed by atoms with E-state index in [2.05, 4.69) is 4.98 Å². The van der Waals surface area contributed by atoms with Crippen molar-refractivity contribution in [2.45, 2.75) is 26.2 Å². The van der Waals surface area contributed by atoms with E-state index in [0.29, 0.717) is 24.6 Å². The normalized spacial score (nSPS) is 10.4. The fourth-order valence-corrected chi connectivity index (χ4v) is 1.17. The number of hydrogen-bond acceptors (Lipinski definition) is 4. The summed E-state index contributed by atoms with van der Waals surface area (Å²) in [6.07, 6.45) is 3.54. The van der Waals surface area contributed by atoms with E-state index in [1.807, 2.05) is 0 Å². The highest BCUT2D eigenvalue weighted by molar-refractivity contribution is 5.77. The predicted octanol–water partition coefficient (Wildman–Crippen LogP) is 1.39. The summed E-state index contributed by atoms with van der Waals surface area (Å²) in [5.74, 6) is 0.778. The van der Waals surface area contributed by atoms with Crippen LogP contribution >= 0.6 is 0 Å². The molecule has 1 aromatic rings. The summed E-state index contributed by atoms with van der Waals surface area (Å²) in [6.45, 7) is 2.24. The summed E-state index contributed by atoms with van der Waals surface area (Å²) in [7, 11) is 1.66. The number of carbonyl (C=O) groups excluding carboxylic acids is 1. The molecule has 0 saturated carbocycles. The first kappa shape index (κ1) is 10.9. The predicted molar refractivity (Wildman–Crippen MR) is 51.1 cm³/mol. The lowest BCUT2D eigenvalue weighted by Crippen LogP contribution is -1.97. The Morgan fingerprint density at radius 3 is 3.07 bits per heavy atom. The van der Waals surface area contributed by atoms with E-state index in [0.717, 1.165) is 12.8 Å². The van der Waals surface area contributed by atoms with Crippen LogP contribution in [0.15, 0.2) is 10.7 Å². The van der Waals surface area contributed by atoms with Crippen molar-refractivity contribution in [2.75, 3.05) is 13.7 Å². The molecule has 0 fully saturated rings. The van der Waals surface area contributed by atoms with Gasteiger partial charge in [-0.3, -0.25) is 4.79 Å². The van der Waals surface area contributed by atoms with Gasteiger partial charge in [-0.05, 0) is 13.3 Å². The molecule has 0 aliphatic rings. The molecule has 0 aliphatic carbocycles. The number of hydrogen-bond donors (Lipinski definition) is 0. The average Bonchev–Trinajstić information content (AvgIpc) is 2.52. The van der Waals surface area contributed by atoms with Gasteiger partial charge in [0.2, 0.25) is 0 Å². The monoisotopic (exact) mass is 197 g/mol. The second-order valence-corrected chi connectivity index (χ2v) is 3.21. The molecule has 4 nitrogen and oxygen atoms in total. The van der Waals surface area contributed by atoms with Gasteiger partial charge in [-0.25, -0.2) is 4.98 Å². The van der Waals surface area contributed by atoms with Crippen molar-refractivity contribution in [3.8, 4) is 0 Å². The first-order valence-corrected chi connectivity index (χ1v) is 4.64. The first-order chi connectivity index (χ1) is 6.72. The standard InChI is InChI=1S/C10H15NO3/c1-8(12)6-9-7-14-10(11-9)4-3-5-13-2/h7H,3-6H2,1-2H3. The van der Waals surface area contributed by atoms with Gasteiger partial charge in [0.25, 0.3) is 0 Å². The number of ketones is 1. The molecule has 4 heteroatoms. The molecule has 0 N–H and O–H groups in total. The maximum atomic E-state index is 10.8. The fraction of sp³-hybridized carbons (Fsp3) is 0.600. The zero-order chi connectivity index (χ0) is 10.4. The summed E-state index contributed by atoms with van der Waals surface area (Å²) >= 11 is 0. The van der Waals surface area contributed by atoms with Crippen LogP contribution in [0.25, 0.3) is 0 Å². The van der Waals surface area contributed by atoms with Crippen molar-refractivity contribution in [2.24, 2.45) is 0 Å². The van der Waals surface area contributed by atoms with Crippen LogP contribution in [0.4, 0.5) is 0 Å². The van der Waals surface area contributed by atoms with Gasteiger partial charge >= 0.3 is 0 Å². The van der Waals surface area contributed by atoms with Crippen LogP contribution in [0.3, 0.4) is 0 Å². The van der Waals surface area contributed by atoms with Crippen LogP contribution in [0, 0.1) is 0 Å². The molecule has 1 rings (SSSR count). The van der Waals surface area contributed by atoms with Crippen molar-refractivity contribution < 1.29 is 13.9 Å². The number of Topliss-reactive ketones (excluding diaryl/α,β-unsaturated/α-hetero) is 1. The third-order valence-corrected chi connectivity index (χ3v) is 1.77. The lowest BCUT2D eigenvalue weighted by molar-refractivity contribution is -0.116. The Morgan fingerprint density at radius 2 is 2.43 bits per heavy atom. The molecule has 0 spiro atoms. The Hall–Kier alpha value is -1.16. The van der Waals surface area contributed by atoms with Crippen LogP contribution in [0.5, 0.6) is 0 Å². The fourth-order valence-electron chi connectivity index (χ4n) is 1.17. The maximum Gasteiger partial charge on any atom is 0.194 e. The number of aromatic nitrogens is 1. The molecular weight excluding hydrogens is 182 g/mol. The van der Waals surface area contributed by atoms with Crippen LogP contribution < -0.4 is 0 Å². The number of carbonyl (C=O) groups is 1. The van der Waals surface area contributed by atoms with Crippen molar-refractivity contribution in [1.29, 1.82) is 0 Å². The van der Waals surface area contributed by atoms with Crippen LogP contribution in [-0.4, -0.2) is 24.5 Å². The van der Waals surface area contributed by atoms with E-state index < -0.39 is 0 Å². The second-order valence-electron chi connectivity index (χ2n) is 3.21. The summed E-state index contributed by atoms with van der Waals surface area (Å²) in [6, 6.07) is 0. The zero-order valence-electron chi connectivity index (χ0n) is 8.58. The van der Waals surface area contributed by atoms with Gasteiger partial charge in [0.15, 0.2) is 5.89 Å². The minimum Gasteiger partial charge on any atom is -0.449 e. The maximum absolute atomic E-state index is 10.8. The van der Waals surface area contributed by atoms with Crippen molar-refractivity contribution in [3.63, 3.8) is 0 Å². The van der Waals surface area contributed by atoms with E-state index in [9.17, 15) is 4.79 Å². The summed E-state index contributed by atoms with van der Waals surface area (Å²) < 4.78 is 10.1. The molecule has 1 aromatic heterocycles. The van der Waals surface area contributed by atoms with Gasteiger partial charge in [0.1, 0.15) is 12.0 Å². The Labute approximate surface area is 83.3 Å². The lowest BCUT2D eigenvalue weighted by atomic mass is 10.2. The van der Waals surface area contributed by atoms with Gasteiger partial charge in [-0.1, -0.05) is 0 Å². The summed E-state index contributed by atoms with van der Waals surface area (Å²) in [5, 5.41) is 0. The molecule has 0 radical (unpaired) electrons. The Bertz CT molecular complexity index is 293. The minimum absolute atomic E-state index is 0.0988. The Balaban J connectivity index is 2.38.